The van der Waals surface area contributed by atoms with Gasteiger partial charge in [-0.2, -0.15) is 5.10 Å². The summed E-state index contributed by atoms with van der Waals surface area (Å²) in [6.45, 7) is 7.55. The summed E-state index contributed by atoms with van der Waals surface area (Å²) in [6, 6.07) is 4.66. The van der Waals surface area contributed by atoms with Crippen molar-refractivity contribution in [1.82, 2.24) is 14.8 Å². The first-order chi connectivity index (χ1) is 15.0. The third-order valence-corrected chi connectivity index (χ3v) is 5.41. The van der Waals surface area contributed by atoms with Crippen LogP contribution < -0.4 is 5.73 Å². The summed E-state index contributed by atoms with van der Waals surface area (Å²) < 4.78 is 28.4. The second-order valence-corrected chi connectivity index (χ2v) is 7.73. The number of aryl methyl sites for hydroxylation is 1. The maximum absolute atomic E-state index is 13.2. The number of hydrogen-bond acceptors (Lipinski definition) is 4. The van der Waals surface area contributed by atoms with Gasteiger partial charge in [-0.3, -0.25) is 9.67 Å². The Morgan fingerprint density at radius 3 is 2.94 bits per heavy atom. The van der Waals surface area contributed by atoms with Crippen LogP contribution in [0, 0.1) is 0 Å². The number of hydrogen-bond donors (Lipinski definition) is 1. The first kappa shape index (κ1) is 21.1. The van der Waals surface area contributed by atoms with E-state index in [9.17, 15) is 8.78 Å². The lowest BCUT2D eigenvalue weighted by atomic mass is 9.93. The van der Waals surface area contributed by atoms with Crippen molar-refractivity contribution in [1.29, 1.82) is 0 Å². The van der Waals surface area contributed by atoms with Crippen LogP contribution in [0.15, 0.2) is 65.3 Å². The zero-order valence-corrected chi connectivity index (χ0v) is 17.5. The van der Waals surface area contributed by atoms with Crippen LogP contribution in [0.4, 0.5) is 8.78 Å². The number of fused-ring (bicyclic) bond motifs is 1. The number of halogens is 2. The molecule has 0 spiro atoms. The minimum Gasteiger partial charge on any atom is -0.330 e. The first-order valence-electron chi connectivity index (χ1n) is 10.4. The molecule has 0 saturated carbocycles. The van der Waals surface area contributed by atoms with Crippen LogP contribution in [-0.4, -0.2) is 27.0 Å². The average Bonchev–Trinajstić information content (AvgIpc) is 3.34. The average molecular weight is 421 g/mol. The van der Waals surface area contributed by atoms with Gasteiger partial charge >= 0.3 is 0 Å². The van der Waals surface area contributed by atoms with Crippen LogP contribution in [0.2, 0.25) is 0 Å². The van der Waals surface area contributed by atoms with Gasteiger partial charge < -0.3 is 5.73 Å². The molecule has 0 atom stereocenters. The predicted molar refractivity (Wildman–Crippen MR) is 120 cm³/mol. The molecule has 0 unspecified atom stereocenters. The number of nitrogens with zero attached hydrogens (tertiary/aromatic N) is 4. The van der Waals surface area contributed by atoms with Gasteiger partial charge in [-0.1, -0.05) is 24.3 Å². The van der Waals surface area contributed by atoms with Crippen LogP contribution in [0.25, 0.3) is 17.0 Å². The summed E-state index contributed by atoms with van der Waals surface area (Å²) in [4.78, 5) is 8.70. The van der Waals surface area contributed by atoms with Crippen LogP contribution in [0.3, 0.4) is 0 Å². The zero-order valence-electron chi connectivity index (χ0n) is 17.5. The van der Waals surface area contributed by atoms with E-state index in [0.717, 1.165) is 59.5 Å². The smallest absolute Gasteiger partial charge is 0.280 e. The van der Waals surface area contributed by atoms with Crippen LogP contribution in [0.1, 0.15) is 43.1 Å². The molecular weight excluding hydrogens is 396 g/mol. The largest absolute Gasteiger partial charge is 0.330 e. The quantitative estimate of drug-likeness (QED) is 0.711. The van der Waals surface area contributed by atoms with Crippen molar-refractivity contribution in [3.8, 4) is 11.4 Å². The molecule has 3 heterocycles. The van der Waals surface area contributed by atoms with Gasteiger partial charge in [-0.05, 0) is 68.2 Å². The summed E-state index contributed by atoms with van der Waals surface area (Å²) in [5.74, 6) is 0. The van der Waals surface area contributed by atoms with E-state index in [1.165, 1.54) is 6.07 Å². The van der Waals surface area contributed by atoms with Gasteiger partial charge in [0.1, 0.15) is 11.4 Å². The summed E-state index contributed by atoms with van der Waals surface area (Å²) in [7, 11) is 0. The van der Waals surface area contributed by atoms with Gasteiger partial charge in [0.25, 0.3) is 6.43 Å². The summed E-state index contributed by atoms with van der Waals surface area (Å²) >= 11 is 0. The lowest BCUT2D eigenvalue weighted by molar-refractivity contribution is 0.146. The van der Waals surface area contributed by atoms with E-state index < -0.39 is 6.43 Å². The van der Waals surface area contributed by atoms with Gasteiger partial charge in [0, 0.05) is 24.0 Å². The molecule has 1 aliphatic carbocycles. The van der Waals surface area contributed by atoms with Crippen molar-refractivity contribution in [2.75, 3.05) is 6.54 Å². The monoisotopic (exact) mass is 421 g/mol. The molecule has 7 heteroatoms. The Labute approximate surface area is 180 Å². The topological polar surface area (TPSA) is 69.1 Å². The molecule has 5 nitrogen and oxygen atoms in total. The molecule has 0 amide bonds. The van der Waals surface area contributed by atoms with Crippen LogP contribution in [-0.2, 0) is 13.0 Å². The Hall–Kier alpha value is -3.19. The molecule has 0 saturated heterocycles. The number of rotatable bonds is 6. The Kier molecular flexibility index (Phi) is 6.04. The van der Waals surface area contributed by atoms with Crippen molar-refractivity contribution >= 4 is 11.3 Å². The maximum Gasteiger partial charge on any atom is 0.280 e. The molecule has 0 aromatic carbocycles. The molecule has 160 valence electrons. The van der Waals surface area contributed by atoms with Gasteiger partial charge in [-0.15, -0.1) is 0 Å². The lowest BCUT2D eigenvalue weighted by Gasteiger charge is -2.13. The molecule has 2 aromatic heterocycles. The van der Waals surface area contributed by atoms with E-state index in [1.807, 2.05) is 36.0 Å². The minimum absolute atomic E-state index is 0.247. The van der Waals surface area contributed by atoms with E-state index in [0.29, 0.717) is 17.9 Å². The molecule has 31 heavy (non-hydrogen) atoms. The predicted octanol–water partition coefficient (Wildman–Crippen LogP) is 5.03. The van der Waals surface area contributed by atoms with E-state index in [-0.39, 0.29) is 5.69 Å². The third kappa shape index (κ3) is 4.32. The van der Waals surface area contributed by atoms with Gasteiger partial charge in [0.05, 0.1) is 11.4 Å². The summed E-state index contributed by atoms with van der Waals surface area (Å²) in [5, 5.41) is 4.71. The van der Waals surface area contributed by atoms with Crippen molar-refractivity contribution < 1.29 is 8.78 Å². The van der Waals surface area contributed by atoms with E-state index in [2.05, 4.69) is 16.6 Å². The second-order valence-electron chi connectivity index (χ2n) is 7.73. The minimum atomic E-state index is -2.62. The molecule has 0 bridgehead atoms. The van der Waals surface area contributed by atoms with Crippen molar-refractivity contribution in [2.24, 2.45) is 10.7 Å². The second kappa shape index (κ2) is 8.89. The fraction of sp³-hybridized carbons (Fsp3) is 0.292. The van der Waals surface area contributed by atoms with E-state index >= 15 is 0 Å². The Balaban J connectivity index is 1.73. The Morgan fingerprint density at radius 2 is 2.19 bits per heavy atom. The number of aliphatic imine (C=N–C) groups is 1. The van der Waals surface area contributed by atoms with E-state index in [4.69, 9.17) is 10.8 Å². The van der Waals surface area contributed by atoms with Crippen molar-refractivity contribution in [3.05, 3.63) is 77.3 Å². The third-order valence-electron chi connectivity index (χ3n) is 5.41. The highest BCUT2D eigenvalue weighted by atomic mass is 19.3. The molecular formula is C24H25F2N5. The number of alkyl halides is 2. The number of nitrogens with two attached hydrogens (primary N) is 1. The van der Waals surface area contributed by atoms with Gasteiger partial charge in [0.2, 0.25) is 0 Å². The highest BCUT2D eigenvalue weighted by molar-refractivity contribution is 6.15. The standard InChI is InChI=1S/C24H25F2N5/c1-15(10-11-27)14-28-18-9-8-17(13-16(18)2)22-21-7-4-12-31(21)30-23(22)19-5-3-6-20(29-19)24(25)26/h3,5-6,8-9,13-14,24H,2,4,7,10-12,27H2,1H3/b15-14+,28-18?. The van der Waals surface area contributed by atoms with Crippen LogP contribution in [0.5, 0.6) is 0 Å². The van der Waals surface area contributed by atoms with Crippen LogP contribution >= 0.6 is 0 Å². The fourth-order valence-corrected chi connectivity index (χ4v) is 3.86. The summed E-state index contributed by atoms with van der Waals surface area (Å²) in [5.41, 5.74) is 12.1. The lowest BCUT2D eigenvalue weighted by Crippen LogP contribution is -2.03. The normalized spacial score (nSPS) is 17.6. The molecule has 2 N–H and O–H groups in total. The first-order valence-corrected chi connectivity index (χ1v) is 10.4. The fourth-order valence-electron chi connectivity index (χ4n) is 3.86. The Morgan fingerprint density at radius 1 is 1.35 bits per heavy atom. The number of aromatic nitrogens is 3. The van der Waals surface area contributed by atoms with Gasteiger partial charge in [0.15, 0.2) is 0 Å². The summed E-state index contributed by atoms with van der Waals surface area (Å²) in [6.07, 6.45) is 7.77. The number of pyridine rings is 1. The number of allylic oxidation sites excluding steroid dienone is 5. The molecule has 2 aliphatic rings. The SMILES string of the molecule is C=C1C=C(c2c(-c3cccc(C(F)F)n3)nn3c2CCC3)C=CC1=N/C=C(\C)CCN. The molecule has 2 aromatic rings. The Bertz CT molecular complexity index is 1130. The highest BCUT2D eigenvalue weighted by Crippen LogP contribution is 2.36. The van der Waals surface area contributed by atoms with E-state index in [1.54, 1.807) is 12.1 Å². The highest BCUT2D eigenvalue weighted by Gasteiger charge is 2.26. The molecule has 4 rings (SSSR count). The zero-order chi connectivity index (χ0) is 22.0. The molecule has 0 fully saturated rings. The van der Waals surface area contributed by atoms with Gasteiger partial charge in [-0.25, -0.2) is 13.8 Å². The maximum atomic E-state index is 13.2. The molecule has 1 aliphatic heterocycles. The van der Waals surface area contributed by atoms with Crippen molar-refractivity contribution in [2.45, 2.75) is 39.2 Å². The molecule has 0 radical (unpaired) electrons. The van der Waals surface area contributed by atoms with Crippen molar-refractivity contribution in [3.63, 3.8) is 0 Å².